The zero-order valence-electron chi connectivity index (χ0n) is 20.3. The van der Waals surface area contributed by atoms with Gasteiger partial charge in [-0.1, -0.05) is 18.2 Å². The summed E-state index contributed by atoms with van der Waals surface area (Å²) in [6, 6.07) is 14.2. The Hall–Kier alpha value is -3.30. The first kappa shape index (κ1) is 24.4. The van der Waals surface area contributed by atoms with Gasteiger partial charge in [-0.3, -0.25) is 9.59 Å². The van der Waals surface area contributed by atoms with Crippen LogP contribution in [-0.4, -0.2) is 53.5 Å². The van der Waals surface area contributed by atoms with Crippen LogP contribution in [0.5, 0.6) is 0 Å². The number of aromatic nitrogens is 2. The van der Waals surface area contributed by atoms with Gasteiger partial charge in [0.1, 0.15) is 5.82 Å². The van der Waals surface area contributed by atoms with E-state index in [0.29, 0.717) is 31.1 Å². The molecule has 3 aromatic heterocycles. The van der Waals surface area contributed by atoms with Crippen molar-refractivity contribution in [2.75, 3.05) is 31.6 Å². The maximum absolute atomic E-state index is 13.6. The third-order valence-electron chi connectivity index (χ3n) is 6.35. The van der Waals surface area contributed by atoms with Crippen molar-refractivity contribution in [1.29, 1.82) is 0 Å². The zero-order valence-corrected chi connectivity index (χ0v) is 22.0. The smallest absolute Gasteiger partial charge is 0.310 e. The average Bonchev–Trinajstić information content (AvgIpc) is 3.58. The number of hydrogen-bond donors (Lipinski definition) is 0. The van der Waals surface area contributed by atoms with Gasteiger partial charge in [-0.05, 0) is 49.4 Å². The fourth-order valence-electron chi connectivity index (χ4n) is 4.56. The fourth-order valence-corrected chi connectivity index (χ4v) is 6.14. The molecule has 0 spiro atoms. The summed E-state index contributed by atoms with van der Waals surface area (Å²) in [6.45, 7) is 3.82. The summed E-state index contributed by atoms with van der Waals surface area (Å²) >= 11 is 3.19. The van der Waals surface area contributed by atoms with E-state index in [1.165, 1.54) is 21.4 Å². The molecule has 1 aliphatic rings. The molecule has 0 saturated carbocycles. The highest BCUT2D eigenvalue weighted by molar-refractivity contribution is 7.22. The molecule has 9 heteroatoms. The lowest BCUT2D eigenvalue weighted by Gasteiger charge is -2.34. The van der Waals surface area contributed by atoms with Crippen LogP contribution in [0.15, 0.2) is 53.4 Å². The summed E-state index contributed by atoms with van der Waals surface area (Å²) in [6.07, 6.45) is 1.61. The van der Waals surface area contributed by atoms with Crippen LogP contribution in [0.4, 0.5) is 5.82 Å². The summed E-state index contributed by atoms with van der Waals surface area (Å²) in [5.41, 5.74) is 3.97. The normalized spacial score (nSPS) is 15.7. The van der Waals surface area contributed by atoms with Gasteiger partial charge >= 0.3 is 5.97 Å². The predicted octanol–water partition coefficient (Wildman–Crippen LogP) is 5.47. The fraction of sp³-hybridized carbons (Fsp3) is 0.333. The van der Waals surface area contributed by atoms with Crippen molar-refractivity contribution < 1.29 is 14.3 Å². The van der Waals surface area contributed by atoms with Crippen molar-refractivity contribution in [3.63, 3.8) is 0 Å². The Labute approximate surface area is 218 Å². The number of nitrogens with zero attached hydrogens (tertiary/aromatic N) is 4. The van der Waals surface area contributed by atoms with E-state index in [-0.39, 0.29) is 17.8 Å². The predicted molar refractivity (Wildman–Crippen MR) is 145 cm³/mol. The van der Waals surface area contributed by atoms with Crippen molar-refractivity contribution >= 4 is 50.5 Å². The van der Waals surface area contributed by atoms with Crippen molar-refractivity contribution in [2.24, 2.45) is 5.92 Å². The molecule has 0 N–H and O–H groups in total. The molecule has 1 aromatic carbocycles. The van der Waals surface area contributed by atoms with Crippen molar-refractivity contribution in [3.8, 4) is 10.6 Å². The molecule has 36 heavy (non-hydrogen) atoms. The van der Waals surface area contributed by atoms with Crippen LogP contribution in [0.25, 0.3) is 20.7 Å². The first-order valence-corrected chi connectivity index (χ1v) is 13.8. The van der Waals surface area contributed by atoms with E-state index in [0.717, 1.165) is 35.7 Å². The summed E-state index contributed by atoms with van der Waals surface area (Å²) in [4.78, 5) is 40.2. The molecule has 1 amide bonds. The Balaban J connectivity index is 1.51. The maximum Gasteiger partial charge on any atom is 0.310 e. The second-order valence-corrected chi connectivity index (χ2v) is 10.7. The molecule has 1 saturated heterocycles. The monoisotopic (exact) mass is 520 g/mol. The Bertz CT molecular complexity index is 1340. The molecule has 0 bridgehead atoms. The number of ether oxygens (including phenoxy) is 1. The van der Waals surface area contributed by atoms with Gasteiger partial charge in [0.2, 0.25) is 0 Å². The number of hydrogen-bond acceptors (Lipinski definition) is 8. The molecule has 0 aliphatic carbocycles. The molecule has 7 nitrogen and oxygen atoms in total. The molecule has 1 fully saturated rings. The lowest BCUT2D eigenvalue weighted by molar-refractivity contribution is -0.148. The lowest BCUT2D eigenvalue weighted by Crippen LogP contribution is -2.41. The highest BCUT2D eigenvalue weighted by atomic mass is 32.1. The third-order valence-corrected chi connectivity index (χ3v) is 8.13. The van der Waals surface area contributed by atoms with Gasteiger partial charge in [0.15, 0.2) is 0 Å². The first-order chi connectivity index (χ1) is 17.5. The van der Waals surface area contributed by atoms with E-state index in [2.05, 4.69) is 28.1 Å². The largest absolute Gasteiger partial charge is 0.466 e. The van der Waals surface area contributed by atoms with E-state index < -0.39 is 0 Å². The number of piperidine rings is 1. The van der Waals surface area contributed by atoms with E-state index in [4.69, 9.17) is 9.72 Å². The quantitative estimate of drug-likeness (QED) is 0.301. The van der Waals surface area contributed by atoms with E-state index >= 15 is 0 Å². The molecule has 4 heterocycles. The molecule has 186 valence electrons. The Kier molecular flexibility index (Phi) is 7.29. The van der Waals surface area contributed by atoms with Crippen LogP contribution < -0.4 is 4.90 Å². The van der Waals surface area contributed by atoms with Crippen LogP contribution in [0.1, 0.15) is 35.8 Å². The first-order valence-electron chi connectivity index (χ1n) is 12.1. The lowest BCUT2D eigenvalue weighted by atomic mass is 9.97. The molecular formula is C27H28N4O3S2. The summed E-state index contributed by atoms with van der Waals surface area (Å²) in [5, 5.41) is 3.12. The van der Waals surface area contributed by atoms with Gasteiger partial charge in [0, 0.05) is 30.2 Å². The van der Waals surface area contributed by atoms with Crippen molar-refractivity contribution in [1.82, 2.24) is 14.9 Å². The number of anilines is 1. The molecule has 1 atom stereocenters. The number of thiophene rings is 1. The minimum absolute atomic E-state index is 0.119. The van der Waals surface area contributed by atoms with Gasteiger partial charge in [0.05, 0.1) is 46.4 Å². The Morgan fingerprint density at radius 2 is 2.08 bits per heavy atom. The Morgan fingerprint density at radius 3 is 2.86 bits per heavy atom. The molecule has 5 rings (SSSR count). The number of esters is 1. The van der Waals surface area contributed by atoms with Gasteiger partial charge in [-0.2, -0.15) is 0 Å². The van der Waals surface area contributed by atoms with E-state index in [1.54, 1.807) is 28.8 Å². The van der Waals surface area contributed by atoms with E-state index in [1.807, 2.05) is 36.6 Å². The van der Waals surface area contributed by atoms with Crippen LogP contribution in [0.3, 0.4) is 0 Å². The standard InChI is InChI=1S/C27H28N4O3S2/c1-3-34-27(33)19-8-6-12-31(14-19)25-21(26(32)30(2)15-20-16-35-17-28-20)10-11-22(29-25)24-13-18-7-4-5-9-23(18)36-24/h4-5,7,9-11,13,16-17,19H,3,6,8,12,14-15H2,1-2H3/t19-/m1/s1. The number of pyridine rings is 1. The number of carbonyl (C=O) groups is 2. The minimum Gasteiger partial charge on any atom is -0.466 e. The van der Waals surface area contributed by atoms with Crippen molar-refractivity contribution in [2.45, 2.75) is 26.3 Å². The minimum atomic E-state index is -0.232. The van der Waals surface area contributed by atoms with Gasteiger partial charge in [-0.15, -0.1) is 22.7 Å². The van der Waals surface area contributed by atoms with Crippen molar-refractivity contribution in [3.05, 3.63) is 64.6 Å². The second kappa shape index (κ2) is 10.8. The highest BCUT2D eigenvalue weighted by Gasteiger charge is 2.30. The molecule has 4 aromatic rings. The second-order valence-electron chi connectivity index (χ2n) is 8.89. The molecule has 0 unspecified atom stereocenters. The number of carbonyl (C=O) groups excluding carboxylic acids is 2. The molecular weight excluding hydrogens is 492 g/mol. The van der Waals surface area contributed by atoms with Gasteiger partial charge < -0.3 is 14.5 Å². The van der Waals surface area contributed by atoms with Gasteiger partial charge in [0.25, 0.3) is 5.91 Å². The van der Waals surface area contributed by atoms with Crippen LogP contribution in [-0.2, 0) is 16.1 Å². The van der Waals surface area contributed by atoms with Gasteiger partial charge in [-0.25, -0.2) is 9.97 Å². The average molecular weight is 521 g/mol. The Morgan fingerprint density at radius 1 is 1.22 bits per heavy atom. The summed E-state index contributed by atoms with van der Waals surface area (Å²) in [5.74, 6) is 0.0845. The van der Waals surface area contributed by atoms with Crippen LogP contribution in [0.2, 0.25) is 0 Å². The maximum atomic E-state index is 13.6. The van der Waals surface area contributed by atoms with Crippen LogP contribution >= 0.6 is 22.7 Å². The molecule has 1 aliphatic heterocycles. The zero-order chi connectivity index (χ0) is 25.1. The summed E-state index contributed by atoms with van der Waals surface area (Å²) < 4.78 is 6.50. The topological polar surface area (TPSA) is 75.6 Å². The summed E-state index contributed by atoms with van der Waals surface area (Å²) in [7, 11) is 1.78. The number of fused-ring (bicyclic) bond motifs is 1. The van der Waals surface area contributed by atoms with Crippen LogP contribution in [0, 0.1) is 5.92 Å². The third kappa shape index (κ3) is 5.12. The number of amides is 1. The number of benzene rings is 1. The van der Waals surface area contributed by atoms with E-state index in [9.17, 15) is 9.59 Å². The SMILES string of the molecule is CCOC(=O)[C@@H]1CCCN(c2nc(-c3cc4ccccc4s3)ccc2C(=O)N(C)Cc2cscn2)C1. The molecule has 0 radical (unpaired) electrons. The highest BCUT2D eigenvalue weighted by Crippen LogP contribution is 2.35. The number of thiazole rings is 1. The number of rotatable bonds is 7.